The first-order valence-corrected chi connectivity index (χ1v) is 11.6. The Morgan fingerprint density at radius 3 is 2.93 bits per heavy atom. The Labute approximate surface area is 187 Å². The quantitative estimate of drug-likeness (QED) is 0.485. The highest BCUT2D eigenvalue weighted by Gasteiger charge is 2.32. The summed E-state index contributed by atoms with van der Waals surface area (Å²) in [5.74, 6) is 0.676. The lowest BCUT2D eigenvalue weighted by Gasteiger charge is -2.35. The molecule has 1 atom stereocenters. The van der Waals surface area contributed by atoms with E-state index in [4.69, 9.17) is 17.0 Å². The number of ether oxygens (including phenoxy) is 1. The fourth-order valence-corrected chi connectivity index (χ4v) is 5.23. The van der Waals surface area contributed by atoms with E-state index in [1.165, 1.54) is 11.8 Å². The number of thioether (sulfide) groups is 1. The van der Waals surface area contributed by atoms with Crippen molar-refractivity contribution in [2.24, 2.45) is 0 Å². The van der Waals surface area contributed by atoms with Gasteiger partial charge in [-0.25, -0.2) is 0 Å². The number of aliphatic hydroxyl groups is 1. The monoisotopic (exact) mass is 448 g/mol. The Morgan fingerprint density at radius 1 is 1.37 bits per heavy atom. The number of methoxy groups -OCH3 is 1. The van der Waals surface area contributed by atoms with Crippen LogP contribution in [-0.2, 0) is 9.59 Å². The fourth-order valence-electron chi connectivity index (χ4n) is 3.93. The molecular formula is C22H28N2O4S2. The van der Waals surface area contributed by atoms with Gasteiger partial charge in [0, 0.05) is 37.7 Å². The molecule has 3 rings (SSSR count). The van der Waals surface area contributed by atoms with Gasteiger partial charge in [-0.05, 0) is 44.2 Å². The van der Waals surface area contributed by atoms with Gasteiger partial charge in [0.1, 0.15) is 10.1 Å². The van der Waals surface area contributed by atoms with Gasteiger partial charge in [-0.15, -0.1) is 0 Å². The van der Waals surface area contributed by atoms with Crippen molar-refractivity contribution in [3.8, 4) is 5.75 Å². The van der Waals surface area contributed by atoms with Crippen LogP contribution in [0, 0.1) is 0 Å². The Hall–Kier alpha value is -1.90. The van der Waals surface area contributed by atoms with Crippen LogP contribution in [0.4, 0.5) is 0 Å². The van der Waals surface area contributed by atoms with E-state index in [0.717, 1.165) is 31.4 Å². The highest BCUT2D eigenvalue weighted by molar-refractivity contribution is 8.26. The number of thiocarbonyl (C=S) groups is 1. The van der Waals surface area contributed by atoms with Crippen LogP contribution in [0.3, 0.4) is 0 Å². The van der Waals surface area contributed by atoms with Gasteiger partial charge in [-0.1, -0.05) is 42.2 Å². The second-order valence-corrected chi connectivity index (χ2v) is 9.10. The van der Waals surface area contributed by atoms with E-state index in [-0.39, 0.29) is 24.5 Å². The highest BCUT2D eigenvalue weighted by atomic mass is 32.2. The van der Waals surface area contributed by atoms with Crippen molar-refractivity contribution in [2.45, 2.75) is 44.6 Å². The Bertz CT molecular complexity index is 825. The number of amides is 2. The van der Waals surface area contributed by atoms with Gasteiger partial charge in [0.25, 0.3) is 5.91 Å². The molecule has 1 aromatic rings. The molecule has 1 unspecified atom stereocenters. The minimum Gasteiger partial charge on any atom is -0.496 e. The summed E-state index contributed by atoms with van der Waals surface area (Å²) in [5, 5.41) is 9.25. The molecule has 1 aromatic carbocycles. The number of piperidine rings is 1. The number of aliphatic hydroxyl groups excluding tert-OH is 1. The molecule has 162 valence electrons. The van der Waals surface area contributed by atoms with E-state index in [0.29, 0.717) is 40.8 Å². The largest absolute Gasteiger partial charge is 0.496 e. The molecule has 2 heterocycles. The van der Waals surface area contributed by atoms with Gasteiger partial charge in [0.05, 0.1) is 12.0 Å². The summed E-state index contributed by atoms with van der Waals surface area (Å²) >= 11 is 6.68. The SMILES string of the molecule is COc1ccccc1C=C1SC(=S)N(CCCC(=O)N2CCCCC2CCO)C1=O. The van der Waals surface area contributed by atoms with Crippen LogP contribution in [0.15, 0.2) is 29.2 Å². The van der Waals surface area contributed by atoms with E-state index < -0.39 is 0 Å². The third kappa shape index (κ3) is 5.42. The van der Waals surface area contributed by atoms with Crippen LogP contribution in [0.1, 0.15) is 44.1 Å². The number of rotatable bonds is 8. The molecule has 8 heteroatoms. The predicted octanol–water partition coefficient (Wildman–Crippen LogP) is 3.44. The molecule has 2 aliphatic rings. The van der Waals surface area contributed by atoms with E-state index >= 15 is 0 Å². The smallest absolute Gasteiger partial charge is 0.266 e. The molecule has 0 aliphatic carbocycles. The van der Waals surface area contributed by atoms with E-state index in [1.807, 2.05) is 29.2 Å². The molecule has 30 heavy (non-hydrogen) atoms. The first-order chi connectivity index (χ1) is 14.5. The van der Waals surface area contributed by atoms with Crippen molar-refractivity contribution in [3.05, 3.63) is 34.7 Å². The zero-order chi connectivity index (χ0) is 21.5. The van der Waals surface area contributed by atoms with Gasteiger partial charge in [-0.2, -0.15) is 0 Å². The zero-order valence-corrected chi connectivity index (χ0v) is 18.8. The lowest BCUT2D eigenvalue weighted by Crippen LogP contribution is -2.44. The molecule has 0 spiro atoms. The van der Waals surface area contributed by atoms with Gasteiger partial charge in [-0.3, -0.25) is 14.5 Å². The molecule has 0 saturated carbocycles. The maximum atomic E-state index is 12.8. The number of benzene rings is 1. The first-order valence-electron chi connectivity index (χ1n) is 10.3. The minimum absolute atomic E-state index is 0.100. The minimum atomic E-state index is -0.125. The summed E-state index contributed by atoms with van der Waals surface area (Å²) in [6.45, 7) is 1.29. The molecular weight excluding hydrogens is 420 g/mol. The van der Waals surface area contributed by atoms with E-state index in [2.05, 4.69) is 0 Å². The standard InChI is InChI=1S/C22H28N2O4S2/c1-28-18-9-3-2-7-16(18)15-19-21(27)24(22(29)30-19)13-6-10-20(26)23-12-5-4-8-17(23)11-14-25/h2-3,7,9,15,17,25H,4-6,8,10-14H2,1H3. The maximum Gasteiger partial charge on any atom is 0.266 e. The van der Waals surface area contributed by atoms with Crippen molar-refractivity contribution in [1.82, 2.24) is 9.80 Å². The number of nitrogens with zero attached hydrogens (tertiary/aromatic N) is 2. The van der Waals surface area contributed by atoms with Crippen LogP contribution in [0.2, 0.25) is 0 Å². The topological polar surface area (TPSA) is 70.1 Å². The zero-order valence-electron chi connectivity index (χ0n) is 17.2. The number of carbonyl (C=O) groups is 2. The van der Waals surface area contributed by atoms with E-state index in [9.17, 15) is 14.7 Å². The fraction of sp³-hybridized carbons (Fsp3) is 0.500. The normalized spacial score (nSPS) is 20.9. The number of carbonyl (C=O) groups excluding carboxylic acids is 2. The maximum absolute atomic E-state index is 12.8. The molecule has 1 N–H and O–H groups in total. The molecule has 2 aliphatic heterocycles. The summed E-state index contributed by atoms with van der Waals surface area (Å²) in [4.78, 5) is 29.5. The van der Waals surface area contributed by atoms with Crippen molar-refractivity contribution in [2.75, 3.05) is 26.8 Å². The van der Waals surface area contributed by atoms with Crippen LogP contribution < -0.4 is 4.74 Å². The second-order valence-electron chi connectivity index (χ2n) is 7.43. The average Bonchev–Trinajstić information content (AvgIpc) is 3.02. The Balaban J connectivity index is 1.57. The Kier molecular flexibility index (Phi) is 8.30. The summed E-state index contributed by atoms with van der Waals surface area (Å²) in [7, 11) is 1.60. The van der Waals surface area contributed by atoms with Crippen LogP contribution in [0.25, 0.3) is 6.08 Å². The van der Waals surface area contributed by atoms with Gasteiger partial charge in [0.15, 0.2) is 0 Å². The number of para-hydroxylation sites is 1. The van der Waals surface area contributed by atoms with Crippen LogP contribution in [0.5, 0.6) is 5.75 Å². The molecule has 2 amide bonds. The summed E-state index contributed by atoms with van der Waals surface area (Å²) in [6.07, 6.45) is 6.44. The van der Waals surface area contributed by atoms with Crippen molar-refractivity contribution < 1.29 is 19.4 Å². The Morgan fingerprint density at radius 2 is 2.17 bits per heavy atom. The summed E-state index contributed by atoms with van der Waals surface area (Å²) in [5.41, 5.74) is 0.829. The van der Waals surface area contributed by atoms with Crippen LogP contribution >= 0.6 is 24.0 Å². The third-order valence-electron chi connectivity index (χ3n) is 5.48. The van der Waals surface area contributed by atoms with Crippen molar-refractivity contribution in [1.29, 1.82) is 0 Å². The van der Waals surface area contributed by atoms with Crippen LogP contribution in [-0.4, -0.2) is 63.9 Å². The first kappa shape index (κ1) is 22.8. The molecule has 2 fully saturated rings. The second kappa shape index (κ2) is 10.9. The lowest BCUT2D eigenvalue weighted by atomic mass is 9.99. The molecule has 0 aromatic heterocycles. The van der Waals surface area contributed by atoms with Crippen molar-refractivity contribution in [3.63, 3.8) is 0 Å². The number of hydrogen-bond donors (Lipinski definition) is 1. The number of hydrogen-bond acceptors (Lipinski definition) is 6. The summed E-state index contributed by atoms with van der Waals surface area (Å²) < 4.78 is 5.87. The molecule has 0 radical (unpaired) electrons. The number of likely N-dealkylation sites (tertiary alicyclic amines) is 1. The predicted molar refractivity (Wildman–Crippen MR) is 123 cm³/mol. The summed E-state index contributed by atoms with van der Waals surface area (Å²) in [6, 6.07) is 7.66. The highest BCUT2D eigenvalue weighted by Crippen LogP contribution is 2.34. The van der Waals surface area contributed by atoms with Gasteiger partial charge in [0.2, 0.25) is 5.91 Å². The van der Waals surface area contributed by atoms with E-state index in [1.54, 1.807) is 18.1 Å². The molecule has 0 bridgehead atoms. The van der Waals surface area contributed by atoms with Gasteiger partial charge < -0.3 is 14.7 Å². The average molecular weight is 449 g/mol. The van der Waals surface area contributed by atoms with Crippen molar-refractivity contribution >= 4 is 46.2 Å². The van der Waals surface area contributed by atoms with Gasteiger partial charge >= 0.3 is 0 Å². The molecule has 2 saturated heterocycles. The molecule has 6 nitrogen and oxygen atoms in total. The third-order valence-corrected chi connectivity index (χ3v) is 6.86. The lowest BCUT2D eigenvalue weighted by molar-refractivity contribution is -0.135.